The van der Waals surface area contributed by atoms with Crippen LogP contribution in [0.5, 0.6) is 0 Å². The molecule has 17 heavy (non-hydrogen) atoms. The van der Waals surface area contributed by atoms with Gasteiger partial charge in [0.2, 0.25) is 0 Å². The number of fused-ring (bicyclic) bond motifs is 1. The van der Waals surface area contributed by atoms with Gasteiger partial charge in [0.25, 0.3) is 0 Å². The van der Waals surface area contributed by atoms with Gasteiger partial charge in [0, 0.05) is 42.3 Å². The molecule has 0 fully saturated rings. The Labute approximate surface area is 105 Å². The molecule has 2 N–H and O–H groups in total. The summed E-state index contributed by atoms with van der Waals surface area (Å²) in [5.41, 5.74) is 8.74. The third kappa shape index (κ3) is 2.24. The summed E-state index contributed by atoms with van der Waals surface area (Å²) in [6, 6.07) is 10.6. The van der Waals surface area contributed by atoms with Crippen molar-refractivity contribution in [2.24, 2.45) is 5.73 Å². The first-order chi connectivity index (χ1) is 8.33. The van der Waals surface area contributed by atoms with Gasteiger partial charge in [-0.15, -0.1) is 0 Å². The second-order valence-electron chi connectivity index (χ2n) is 4.47. The van der Waals surface area contributed by atoms with Crippen LogP contribution in [-0.4, -0.2) is 15.8 Å². The summed E-state index contributed by atoms with van der Waals surface area (Å²) >= 11 is 1.57. The lowest BCUT2D eigenvalue weighted by Crippen LogP contribution is -2.35. The predicted octanol–water partition coefficient (Wildman–Crippen LogP) is 2.16. The fourth-order valence-electron chi connectivity index (χ4n) is 2.30. The van der Waals surface area contributed by atoms with Crippen molar-refractivity contribution in [3.05, 3.63) is 52.5 Å². The minimum absolute atomic E-state index is 0.112. The maximum atomic E-state index is 6.16. The van der Waals surface area contributed by atoms with Crippen LogP contribution < -0.4 is 5.73 Å². The van der Waals surface area contributed by atoms with E-state index >= 15 is 0 Å². The van der Waals surface area contributed by atoms with Gasteiger partial charge in [-0.2, -0.15) is 0 Å². The van der Waals surface area contributed by atoms with Gasteiger partial charge < -0.3 is 5.73 Å². The molecule has 1 atom stereocenters. The standard InChI is InChI=1S/C13H15N3S/c14-12-8-16(7-10-4-2-1-3-5-10)9-13-11(12)6-15-17-13/h1-6,12H,7-9,14H2. The Hall–Kier alpha value is -1.23. The molecule has 0 saturated carbocycles. The molecule has 1 aromatic heterocycles. The number of nitrogens with zero attached hydrogens (tertiary/aromatic N) is 2. The zero-order chi connectivity index (χ0) is 11.7. The molecule has 3 nitrogen and oxygen atoms in total. The van der Waals surface area contributed by atoms with E-state index in [1.165, 1.54) is 16.0 Å². The molecule has 1 aliphatic rings. The molecule has 0 spiro atoms. The smallest absolute Gasteiger partial charge is 0.0458 e. The highest BCUT2D eigenvalue weighted by Crippen LogP contribution is 2.28. The number of hydrogen-bond donors (Lipinski definition) is 1. The monoisotopic (exact) mass is 245 g/mol. The Bertz CT molecular complexity index is 494. The van der Waals surface area contributed by atoms with Gasteiger partial charge in [-0.25, -0.2) is 4.37 Å². The fraction of sp³-hybridized carbons (Fsp3) is 0.308. The van der Waals surface area contributed by atoms with Crippen molar-refractivity contribution in [1.29, 1.82) is 0 Å². The average Bonchev–Trinajstić information content (AvgIpc) is 2.79. The molecule has 0 saturated heterocycles. The average molecular weight is 245 g/mol. The zero-order valence-corrected chi connectivity index (χ0v) is 10.4. The minimum Gasteiger partial charge on any atom is -0.323 e. The van der Waals surface area contributed by atoms with E-state index in [0.29, 0.717) is 0 Å². The van der Waals surface area contributed by atoms with Crippen LogP contribution in [0.3, 0.4) is 0 Å². The topological polar surface area (TPSA) is 42.1 Å². The van der Waals surface area contributed by atoms with Crippen molar-refractivity contribution in [1.82, 2.24) is 9.27 Å². The van der Waals surface area contributed by atoms with Crippen molar-refractivity contribution < 1.29 is 0 Å². The van der Waals surface area contributed by atoms with Gasteiger partial charge in [-0.1, -0.05) is 30.3 Å². The Morgan fingerprint density at radius 2 is 2.18 bits per heavy atom. The molecule has 4 heteroatoms. The quantitative estimate of drug-likeness (QED) is 0.881. The largest absolute Gasteiger partial charge is 0.323 e. The SMILES string of the molecule is NC1CN(Cc2ccccc2)Cc2sncc21. The van der Waals surface area contributed by atoms with E-state index in [1.807, 2.05) is 12.3 Å². The highest BCUT2D eigenvalue weighted by Gasteiger charge is 2.24. The first kappa shape index (κ1) is 10.9. The van der Waals surface area contributed by atoms with Crippen LogP contribution in [0.4, 0.5) is 0 Å². The maximum absolute atomic E-state index is 6.16. The van der Waals surface area contributed by atoms with E-state index in [4.69, 9.17) is 5.73 Å². The number of hydrogen-bond acceptors (Lipinski definition) is 4. The molecule has 3 rings (SSSR count). The third-order valence-electron chi connectivity index (χ3n) is 3.15. The Kier molecular flexibility index (Phi) is 2.93. The Balaban J connectivity index is 1.76. The molecule has 0 radical (unpaired) electrons. The van der Waals surface area contributed by atoms with Crippen molar-refractivity contribution in [3.63, 3.8) is 0 Å². The van der Waals surface area contributed by atoms with Gasteiger partial charge in [0.1, 0.15) is 0 Å². The van der Waals surface area contributed by atoms with Crippen LogP contribution in [0.25, 0.3) is 0 Å². The fourth-order valence-corrected chi connectivity index (χ4v) is 3.14. The van der Waals surface area contributed by atoms with Crippen molar-refractivity contribution in [3.8, 4) is 0 Å². The van der Waals surface area contributed by atoms with Gasteiger partial charge in [-0.05, 0) is 17.1 Å². The van der Waals surface area contributed by atoms with Gasteiger partial charge in [0.05, 0.1) is 0 Å². The zero-order valence-electron chi connectivity index (χ0n) is 9.54. The van der Waals surface area contributed by atoms with Crippen LogP contribution >= 0.6 is 11.5 Å². The summed E-state index contributed by atoms with van der Waals surface area (Å²) in [6.45, 7) is 2.86. The molecule has 2 aromatic rings. The highest BCUT2D eigenvalue weighted by molar-refractivity contribution is 7.05. The lowest BCUT2D eigenvalue weighted by Gasteiger charge is -2.30. The minimum atomic E-state index is 0.112. The molecule has 0 bridgehead atoms. The summed E-state index contributed by atoms with van der Waals surface area (Å²) in [6.07, 6.45) is 1.92. The molecule has 2 heterocycles. The van der Waals surface area contributed by atoms with Crippen LogP contribution in [0.1, 0.15) is 22.0 Å². The third-order valence-corrected chi connectivity index (χ3v) is 3.94. The Morgan fingerprint density at radius 3 is 3.00 bits per heavy atom. The maximum Gasteiger partial charge on any atom is 0.0458 e. The van der Waals surface area contributed by atoms with Gasteiger partial charge in [0.15, 0.2) is 0 Å². The van der Waals surface area contributed by atoms with Crippen molar-refractivity contribution >= 4 is 11.5 Å². The number of benzene rings is 1. The molecular weight excluding hydrogens is 230 g/mol. The number of aromatic nitrogens is 1. The summed E-state index contributed by atoms with van der Waals surface area (Å²) in [4.78, 5) is 3.71. The van der Waals surface area contributed by atoms with Crippen molar-refractivity contribution in [2.45, 2.75) is 19.1 Å². The van der Waals surface area contributed by atoms with Gasteiger partial charge in [-0.3, -0.25) is 4.90 Å². The van der Waals surface area contributed by atoms with E-state index < -0.39 is 0 Å². The second-order valence-corrected chi connectivity index (χ2v) is 5.35. The second kappa shape index (κ2) is 4.56. The number of rotatable bonds is 2. The predicted molar refractivity (Wildman–Crippen MR) is 69.6 cm³/mol. The lowest BCUT2D eigenvalue weighted by molar-refractivity contribution is 0.226. The molecule has 1 aromatic carbocycles. The lowest BCUT2D eigenvalue weighted by atomic mass is 10.0. The van der Waals surface area contributed by atoms with Gasteiger partial charge >= 0.3 is 0 Å². The molecular formula is C13H15N3S. The first-order valence-electron chi connectivity index (χ1n) is 5.78. The first-order valence-corrected chi connectivity index (χ1v) is 6.55. The summed E-state index contributed by atoms with van der Waals surface area (Å²) in [5, 5.41) is 0. The van der Waals surface area contributed by atoms with E-state index in [1.54, 1.807) is 11.5 Å². The molecule has 0 amide bonds. The summed E-state index contributed by atoms with van der Waals surface area (Å²) < 4.78 is 4.23. The highest BCUT2D eigenvalue weighted by atomic mass is 32.1. The normalized spacial score (nSPS) is 20.2. The van der Waals surface area contributed by atoms with Crippen molar-refractivity contribution in [2.75, 3.05) is 6.54 Å². The molecule has 1 aliphatic heterocycles. The summed E-state index contributed by atoms with van der Waals surface area (Å²) in [5.74, 6) is 0. The summed E-state index contributed by atoms with van der Waals surface area (Å²) in [7, 11) is 0. The van der Waals surface area contributed by atoms with Crippen LogP contribution in [0.2, 0.25) is 0 Å². The van der Waals surface area contributed by atoms with Crippen LogP contribution in [-0.2, 0) is 13.1 Å². The van der Waals surface area contributed by atoms with E-state index in [0.717, 1.165) is 19.6 Å². The van der Waals surface area contributed by atoms with E-state index in [9.17, 15) is 0 Å². The Morgan fingerprint density at radius 1 is 1.35 bits per heavy atom. The van der Waals surface area contributed by atoms with E-state index in [-0.39, 0.29) is 6.04 Å². The number of nitrogens with two attached hydrogens (primary N) is 1. The van der Waals surface area contributed by atoms with E-state index in [2.05, 4.69) is 33.5 Å². The molecule has 1 unspecified atom stereocenters. The molecule has 88 valence electrons. The molecule has 0 aliphatic carbocycles. The van der Waals surface area contributed by atoms with Crippen LogP contribution in [0, 0.1) is 0 Å². The van der Waals surface area contributed by atoms with Crippen LogP contribution in [0.15, 0.2) is 36.5 Å².